The molecule has 0 unspecified atom stereocenters. The molecule has 25 heavy (non-hydrogen) atoms. The van der Waals surface area contributed by atoms with Gasteiger partial charge in [-0.1, -0.05) is 23.7 Å². The molecular weight excluding hydrogens is 383 g/mol. The van der Waals surface area contributed by atoms with Gasteiger partial charge in [-0.25, -0.2) is 19.2 Å². The summed E-state index contributed by atoms with van der Waals surface area (Å²) in [4.78, 5) is 21.2. The summed E-state index contributed by atoms with van der Waals surface area (Å²) in [7, 11) is 0. The highest BCUT2D eigenvalue weighted by Gasteiger charge is 2.19. The average Bonchev–Trinajstić information content (AvgIpc) is 3.07. The first-order chi connectivity index (χ1) is 12.0. The Kier molecular flexibility index (Phi) is 5.36. The highest BCUT2D eigenvalue weighted by molar-refractivity contribution is 7.98. The molecule has 3 aromatic rings. The number of thiophene rings is 1. The molecule has 0 aliphatic heterocycles. The summed E-state index contributed by atoms with van der Waals surface area (Å²) in [6, 6.07) is 7.90. The summed E-state index contributed by atoms with van der Waals surface area (Å²) in [6.07, 6.45) is 0. The van der Waals surface area contributed by atoms with E-state index in [0.717, 1.165) is 4.88 Å². The zero-order valence-corrected chi connectivity index (χ0v) is 15.4. The highest BCUT2D eigenvalue weighted by Crippen LogP contribution is 2.32. The van der Waals surface area contributed by atoms with Crippen LogP contribution in [0.15, 0.2) is 40.7 Å². The molecule has 0 aliphatic rings. The standard InChI is InChI=1S/C17H12ClFN2O2S2/c1-9-14(17(22)23)16(21-15(20-9)13-3-2-6-24-13)25-8-10-4-5-11(19)7-12(10)18/h2-7H,8H2,1H3,(H,22,23). The van der Waals surface area contributed by atoms with E-state index in [1.807, 2.05) is 17.5 Å². The fourth-order valence-electron chi connectivity index (χ4n) is 2.20. The van der Waals surface area contributed by atoms with Crippen LogP contribution in [0.4, 0.5) is 4.39 Å². The van der Waals surface area contributed by atoms with Crippen LogP contribution in [0.1, 0.15) is 21.6 Å². The number of aromatic carboxylic acids is 1. The van der Waals surface area contributed by atoms with E-state index >= 15 is 0 Å². The molecule has 0 bridgehead atoms. The number of rotatable bonds is 5. The van der Waals surface area contributed by atoms with Crippen molar-refractivity contribution >= 4 is 40.7 Å². The van der Waals surface area contributed by atoms with Gasteiger partial charge in [-0.3, -0.25) is 0 Å². The lowest BCUT2D eigenvalue weighted by Gasteiger charge is -2.10. The Morgan fingerprint density at radius 3 is 2.80 bits per heavy atom. The molecule has 0 saturated heterocycles. The van der Waals surface area contributed by atoms with Crippen LogP contribution in [0, 0.1) is 12.7 Å². The second-order valence-corrected chi connectivity index (χ2v) is 7.44. The minimum Gasteiger partial charge on any atom is -0.478 e. The molecule has 0 fully saturated rings. The first kappa shape index (κ1) is 17.8. The minimum atomic E-state index is -1.08. The normalized spacial score (nSPS) is 10.8. The molecule has 1 N–H and O–H groups in total. The van der Waals surface area contributed by atoms with E-state index in [2.05, 4.69) is 9.97 Å². The Balaban J connectivity index is 1.96. The molecule has 128 valence electrons. The third-order valence-corrected chi connectivity index (χ3v) is 5.63. The van der Waals surface area contributed by atoms with Crippen molar-refractivity contribution in [1.82, 2.24) is 9.97 Å². The molecule has 8 heteroatoms. The van der Waals surface area contributed by atoms with E-state index in [0.29, 0.717) is 32.9 Å². The van der Waals surface area contributed by atoms with Gasteiger partial charge in [-0.05, 0) is 36.1 Å². The molecule has 0 aliphatic carbocycles. The molecule has 0 amide bonds. The molecule has 0 atom stereocenters. The summed E-state index contributed by atoms with van der Waals surface area (Å²) in [5.41, 5.74) is 1.18. The van der Waals surface area contributed by atoms with Gasteiger partial charge in [-0.15, -0.1) is 23.1 Å². The number of thioether (sulfide) groups is 1. The molecule has 1 aromatic carbocycles. The fraction of sp³-hybridized carbons (Fsp3) is 0.118. The Labute approximate surface area is 156 Å². The maximum absolute atomic E-state index is 13.2. The van der Waals surface area contributed by atoms with Gasteiger partial charge in [0, 0.05) is 10.8 Å². The number of hydrogen-bond donors (Lipinski definition) is 1. The lowest BCUT2D eigenvalue weighted by molar-refractivity contribution is 0.0690. The number of halogens is 2. The molecule has 3 rings (SSSR count). The van der Waals surface area contributed by atoms with E-state index in [1.54, 1.807) is 13.0 Å². The van der Waals surface area contributed by atoms with Gasteiger partial charge >= 0.3 is 5.97 Å². The van der Waals surface area contributed by atoms with Crippen LogP contribution < -0.4 is 0 Å². The number of aromatic nitrogens is 2. The van der Waals surface area contributed by atoms with Crippen LogP contribution in [-0.4, -0.2) is 21.0 Å². The van der Waals surface area contributed by atoms with Gasteiger partial charge in [0.2, 0.25) is 0 Å². The first-order valence-corrected chi connectivity index (χ1v) is 9.42. The van der Waals surface area contributed by atoms with Gasteiger partial charge in [-0.2, -0.15) is 0 Å². The van der Waals surface area contributed by atoms with Crippen molar-refractivity contribution in [3.63, 3.8) is 0 Å². The van der Waals surface area contributed by atoms with E-state index in [-0.39, 0.29) is 5.56 Å². The summed E-state index contributed by atoms with van der Waals surface area (Å²) in [6.45, 7) is 1.65. The van der Waals surface area contributed by atoms with Crippen LogP contribution in [0.2, 0.25) is 5.02 Å². The largest absolute Gasteiger partial charge is 0.478 e. The Morgan fingerprint density at radius 1 is 1.36 bits per heavy atom. The summed E-state index contributed by atoms with van der Waals surface area (Å²) in [5, 5.41) is 12.1. The summed E-state index contributed by atoms with van der Waals surface area (Å²) in [5.74, 6) is -0.629. The number of aryl methyl sites for hydroxylation is 1. The van der Waals surface area contributed by atoms with E-state index in [4.69, 9.17) is 11.6 Å². The predicted octanol–water partition coefficient (Wildman–Crippen LogP) is 5.30. The molecule has 0 saturated carbocycles. The van der Waals surface area contributed by atoms with Crippen molar-refractivity contribution in [1.29, 1.82) is 0 Å². The number of nitrogens with zero attached hydrogens (tertiary/aromatic N) is 2. The number of carbonyl (C=O) groups is 1. The van der Waals surface area contributed by atoms with Gasteiger partial charge < -0.3 is 5.11 Å². The van der Waals surface area contributed by atoms with Crippen molar-refractivity contribution < 1.29 is 14.3 Å². The van der Waals surface area contributed by atoms with Crippen LogP contribution in [0.5, 0.6) is 0 Å². The number of benzene rings is 1. The van der Waals surface area contributed by atoms with Crippen LogP contribution in [-0.2, 0) is 5.75 Å². The third-order valence-electron chi connectivity index (χ3n) is 3.39. The Morgan fingerprint density at radius 2 is 2.16 bits per heavy atom. The maximum atomic E-state index is 13.2. The van der Waals surface area contributed by atoms with Gasteiger partial charge in [0.05, 0.1) is 10.6 Å². The summed E-state index contributed by atoms with van der Waals surface area (Å²) < 4.78 is 13.2. The van der Waals surface area contributed by atoms with Crippen LogP contribution in [0.3, 0.4) is 0 Å². The van der Waals surface area contributed by atoms with Crippen LogP contribution in [0.25, 0.3) is 10.7 Å². The van der Waals surface area contributed by atoms with E-state index in [1.165, 1.54) is 35.2 Å². The first-order valence-electron chi connectivity index (χ1n) is 7.18. The Hall–Kier alpha value is -1.96. The van der Waals surface area contributed by atoms with Crippen LogP contribution >= 0.6 is 34.7 Å². The third kappa shape index (κ3) is 4.00. The smallest absolute Gasteiger partial charge is 0.340 e. The van der Waals surface area contributed by atoms with Crippen molar-refractivity contribution in [2.45, 2.75) is 17.7 Å². The monoisotopic (exact) mass is 394 g/mol. The number of carboxylic acids is 1. The summed E-state index contributed by atoms with van der Waals surface area (Å²) >= 11 is 8.76. The second-order valence-electron chi connectivity index (χ2n) is 5.12. The van der Waals surface area contributed by atoms with Crippen molar-refractivity contribution in [2.75, 3.05) is 0 Å². The SMILES string of the molecule is Cc1nc(-c2cccs2)nc(SCc2ccc(F)cc2Cl)c1C(=O)O. The second kappa shape index (κ2) is 7.51. The topological polar surface area (TPSA) is 63.1 Å². The average molecular weight is 395 g/mol. The zero-order chi connectivity index (χ0) is 18.0. The molecule has 0 radical (unpaired) electrons. The molecule has 4 nitrogen and oxygen atoms in total. The molecule has 2 heterocycles. The van der Waals surface area contributed by atoms with Crippen molar-refractivity contribution in [3.8, 4) is 10.7 Å². The number of hydrogen-bond acceptors (Lipinski definition) is 5. The predicted molar refractivity (Wildman–Crippen MR) is 98.0 cm³/mol. The fourth-order valence-corrected chi connectivity index (χ4v) is 4.24. The Bertz CT molecular complexity index is 933. The lowest BCUT2D eigenvalue weighted by Crippen LogP contribution is -2.08. The van der Waals surface area contributed by atoms with Crippen molar-refractivity contribution in [2.24, 2.45) is 0 Å². The zero-order valence-electron chi connectivity index (χ0n) is 13.0. The lowest BCUT2D eigenvalue weighted by atomic mass is 10.2. The quantitative estimate of drug-likeness (QED) is 0.470. The number of carboxylic acid groups (broad SMARTS) is 1. The van der Waals surface area contributed by atoms with E-state index in [9.17, 15) is 14.3 Å². The molecule has 2 aromatic heterocycles. The highest BCUT2D eigenvalue weighted by atomic mass is 35.5. The minimum absolute atomic E-state index is 0.0727. The van der Waals surface area contributed by atoms with Gasteiger partial charge in [0.25, 0.3) is 0 Å². The molecule has 0 spiro atoms. The maximum Gasteiger partial charge on any atom is 0.340 e. The van der Waals surface area contributed by atoms with Crippen molar-refractivity contribution in [3.05, 3.63) is 63.4 Å². The van der Waals surface area contributed by atoms with Gasteiger partial charge in [0.1, 0.15) is 16.4 Å². The molecular formula is C17H12ClFN2O2S2. The van der Waals surface area contributed by atoms with E-state index < -0.39 is 11.8 Å². The van der Waals surface area contributed by atoms with Gasteiger partial charge in [0.15, 0.2) is 5.82 Å².